The molecule has 0 amide bonds. The van der Waals surface area contributed by atoms with E-state index in [1.807, 2.05) is 0 Å². The number of nitrogens with one attached hydrogen (secondary N) is 1. The minimum atomic E-state index is -0.308. The summed E-state index contributed by atoms with van der Waals surface area (Å²) in [7, 11) is 0. The zero-order chi connectivity index (χ0) is 11.8. The van der Waals surface area contributed by atoms with Crippen molar-refractivity contribution >= 4 is 5.97 Å². The van der Waals surface area contributed by atoms with E-state index in [4.69, 9.17) is 4.74 Å². The molecule has 4 heteroatoms. The summed E-state index contributed by atoms with van der Waals surface area (Å²) in [5.41, 5.74) is 0. The first kappa shape index (κ1) is 13.5. The Morgan fingerprint density at radius 1 is 1.44 bits per heavy atom. The predicted octanol–water partition coefficient (Wildman–Crippen LogP) is 1.22. The molecular formula is C12H23NO3. The van der Waals surface area contributed by atoms with E-state index < -0.39 is 0 Å². The Hall–Kier alpha value is -0.610. The molecule has 1 saturated carbocycles. The lowest BCUT2D eigenvalue weighted by Crippen LogP contribution is -2.44. The molecule has 4 nitrogen and oxygen atoms in total. The normalized spacial score (nSPS) is 25.4. The van der Waals surface area contributed by atoms with Gasteiger partial charge in [-0.3, -0.25) is 4.79 Å². The lowest BCUT2D eigenvalue weighted by molar-refractivity contribution is -0.143. The maximum absolute atomic E-state index is 11.3. The van der Waals surface area contributed by atoms with Gasteiger partial charge in [-0.25, -0.2) is 0 Å². The Bertz CT molecular complexity index is 208. The molecule has 0 saturated heterocycles. The van der Waals surface area contributed by atoms with Crippen molar-refractivity contribution in [2.24, 2.45) is 0 Å². The molecule has 0 radical (unpaired) electrons. The summed E-state index contributed by atoms with van der Waals surface area (Å²) in [6, 6.07) is 0.0625. The quantitative estimate of drug-likeness (QED) is 0.531. The summed E-state index contributed by atoms with van der Waals surface area (Å²) in [4.78, 5) is 11.3. The molecule has 1 fully saturated rings. The zero-order valence-electron chi connectivity index (χ0n) is 10.1. The van der Waals surface area contributed by atoms with E-state index in [1.54, 1.807) is 0 Å². The topological polar surface area (TPSA) is 58.6 Å². The fourth-order valence-corrected chi connectivity index (χ4v) is 1.95. The molecule has 94 valence electrons. The highest BCUT2D eigenvalue weighted by Gasteiger charge is 2.22. The number of unbranched alkanes of at least 4 members (excludes halogenated alkanes) is 1. The third kappa shape index (κ3) is 4.94. The Morgan fingerprint density at radius 3 is 2.88 bits per heavy atom. The molecule has 0 heterocycles. The summed E-state index contributed by atoms with van der Waals surface area (Å²) in [6.45, 7) is 2.78. The molecule has 2 N–H and O–H groups in total. The van der Waals surface area contributed by atoms with Crippen LogP contribution in [-0.2, 0) is 9.53 Å². The molecule has 1 aliphatic carbocycles. The number of carbonyl (C=O) groups is 1. The van der Waals surface area contributed by atoms with Crippen molar-refractivity contribution in [1.29, 1.82) is 0 Å². The van der Waals surface area contributed by atoms with Crippen LogP contribution in [0.5, 0.6) is 0 Å². The van der Waals surface area contributed by atoms with E-state index in [0.29, 0.717) is 6.61 Å². The van der Waals surface area contributed by atoms with Gasteiger partial charge in [0.25, 0.3) is 0 Å². The Labute approximate surface area is 97.4 Å². The van der Waals surface area contributed by atoms with Crippen molar-refractivity contribution in [3.63, 3.8) is 0 Å². The number of ether oxygens (including phenoxy) is 1. The standard InChI is InChI=1S/C12H23NO3/c1-2-3-8-16-12(15)9-13-10-6-4-5-7-11(10)14/h10-11,13-14H,2-9H2,1H3. The molecule has 0 aromatic heterocycles. The van der Waals surface area contributed by atoms with Crippen molar-refractivity contribution in [3.05, 3.63) is 0 Å². The van der Waals surface area contributed by atoms with Crippen LogP contribution in [0.25, 0.3) is 0 Å². The SMILES string of the molecule is CCCCOC(=O)CNC1CCCCC1O. The van der Waals surface area contributed by atoms with Crippen LogP contribution in [0.3, 0.4) is 0 Å². The van der Waals surface area contributed by atoms with Crippen molar-refractivity contribution in [1.82, 2.24) is 5.32 Å². The van der Waals surface area contributed by atoms with Crippen LogP contribution < -0.4 is 5.32 Å². The second-order valence-corrected chi connectivity index (χ2v) is 4.41. The van der Waals surface area contributed by atoms with Crippen molar-refractivity contribution < 1.29 is 14.6 Å². The first-order valence-corrected chi connectivity index (χ1v) is 6.31. The molecule has 0 aliphatic heterocycles. The number of aliphatic hydroxyl groups is 1. The summed E-state index contributed by atoms with van der Waals surface area (Å²) in [5, 5.41) is 12.8. The highest BCUT2D eigenvalue weighted by Crippen LogP contribution is 2.17. The number of hydrogen-bond acceptors (Lipinski definition) is 4. The van der Waals surface area contributed by atoms with Crippen LogP contribution in [0.4, 0.5) is 0 Å². The first-order chi connectivity index (χ1) is 7.74. The Morgan fingerprint density at radius 2 is 2.19 bits per heavy atom. The van der Waals surface area contributed by atoms with Crippen LogP contribution >= 0.6 is 0 Å². The smallest absolute Gasteiger partial charge is 0.319 e. The molecule has 16 heavy (non-hydrogen) atoms. The monoisotopic (exact) mass is 229 g/mol. The van der Waals surface area contributed by atoms with Crippen molar-refractivity contribution in [2.45, 2.75) is 57.6 Å². The van der Waals surface area contributed by atoms with Gasteiger partial charge in [0.05, 0.1) is 19.3 Å². The number of hydrogen-bond donors (Lipinski definition) is 2. The van der Waals surface area contributed by atoms with Gasteiger partial charge in [0, 0.05) is 6.04 Å². The van der Waals surface area contributed by atoms with Gasteiger partial charge in [-0.2, -0.15) is 0 Å². The Balaban J connectivity index is 2.10. The van der Waals surface area contributed by atoms with E-state index >= 15 is 0 Å². The van der Waals surface area contributed by atoms with Gasteiger partial charge >= 0.3 is 5.97 Å². The molecule has 1 rings (SSSR count). The van der Waals surface area contributed by atoms with E-state index in [9.17, 15) is 9.90 Å². The van der Waals surface area contributed by atoms with Gasteiger partial charge in [0.1, 0.15) is 0 Å². The summed E-state index contributed by atoms with van der Waals surface area (Å²) in [6.07, 6.45) is 5.63. The van der Waals surface area contributed by atoms with Crippen LogP contribution in [0.15, 0.2) is 0 Å². The number of carbonyl (C=O) groups excluding carboxylic acids is 1. The maximum atomic E-state index is 11.3. The van der Waals surface area contributed by atoms with Gasteiger partial charge in [-0.05, 0) is 19.3 Å². The molecule has 0 aromatic rings. The van der Waals surface area contributed by atoms with Crippen molar-refractivity contribution in [2.75, 3.05) is 13.2 Å². The fourth-order valence-electron chi connectivity index (χ4n) is 1.95. The van der Waals surface area contributed by atoms with Gasteiger partial charge in [0.15, 0.2) is 0 Å². The minimum Gasteiger partial charge on any atom is -0.465 e. The summed E-state index contributed by atoms with van der Waals surface area (Å²) < 4.78 is 5.03. The second kappa shape index (κ2) is 7.63. The summed E-state index contributed by atoms with van der Waals surface area (Å²) in [5.74, 6) is -0.216. The van der Waals surface area contributed by atoms with Crippen molar-refractivity contribution in [3.8, 4) is 0 Å². The average Bonchev–Trinajstić information content (AvgIpc) is 2.28. The number of rotatable bonds is 6. The van der Waals surface area contributed by atoms with Crippen LogP contribution in [0.2, 0.25) is 0 Å². The van der Waals surface area contributed by atoms with Gasteiger partial charge < -0.3 is 15.2 Å². The van der Waals surface area contributed by atoms with Crippen LogP contribution in [0.1, 0.15) is 45.4 Å². The Kier molecular flexibility index (Phi) is 6.42. The molecule has 0 aromatic carbocycles. The number of esters is 1. The third-order valence-electron chi connectivity index (χ3n) is 3.00. The highest BCUT2D eigenvalue weighted by atomic mass is 16.5. The first-order valence-electron chi connectivity index (χ1n) is 6.31. The van der Waals surface area contributed by atoms with E-state index in [0.717, 1.165) is 38.5 Å². The predicted molar refractivity (Wildman–Crippen MR) is 62.1 cm³/mol. The van der Waals surface area contributed by atoms with E-state index in [2.05, 4.69) is 12.2 Å². The molecular weight excluding hydrogens is 206 g/mol. The molecule has 1 aliphatic rings. The second-order valence-electron chi connectivity index (χ2n) is 4.41. The maximum Gasteiger partial charge on any atom is 0.319 e. The zero-order valence-corrected chi connectivity index (χ0v) is 10.1. The molecule has 0 bridgehead atoms. The van der Waals surface area contributed by atoms with Crippen LogP contribution in [-0.4, -0.2) is 36.4 Å². The van der Waals surface area contributed by atoms with Gasteiger partial charge in [0.2, 0.25) is 0 Å². The van der Waals surface area contributed by atoms with E-state index in [1.165, 1.54) is 0 Å². The fraction of sp³-hybridized carbons (Fsp3) is 0.917. The lowest BCUT2D eigenvalue weighted by Gasteiger charge is -2.28. The molecule has 2 unspecified atom stereocenters. The van der Waals surface area contributed by atoms with E-state index in [-0.39, 0.29) is 24.7 Å². The van der Waals surface area contributed by atoms with Gasteiger partial charge in [-0.15, -0.1) is 0 Å². The van der Waals surface area contributed by atoms with Crippen LogP contribution in [0, 0.1) is 0 Å². The minimum absolute atomic E-state index is 0.0625. The number of aliphatic hydroxyl groups excluding tert-OH is 1. The summed E-state index contributed by atoms with van der Waals surface area (Å²) >= 11 is 0. The third-order valence-corrected chi connectivity index (χ3v) is 3.00. The molecule has 0 spiro atoms. The largest absolute Gasteiger partial charge is 0.465 e. The highest BCUT2D eigenvalue weighted by molar-refractivity contribution is 5.71. The lowest BCUT2D eigenvalue weighted by atomic mass is 9.93. The average molecular weight is 229 g/mol. The van der Waals surface area contributed by atoms with Gasteiger partial charge in [-0.1, -0.05) is 26.2 Å². The molecule has 2 atom stereocenters.